The molecular formula is C13H13BrClNS. The van der Waals surface area contributed by atoms with E-state index in [1.165, 1.54) is 14.9 Å². The maximum absolute atomic E-state index is 6.00. The smallest absolute Gasteiger partial charge is 0.0464 e. The summed E-state index contributed by atoms with van der Waals surface area (Å²) >= 11 is 11.3. The highest BCUT2D eigenvalue weighted by Crippen LogP contribution is 2.31. The Morgan fingerprint density at radius 1 is 1.41 bits per heavy atom. The van der Waals surface area contributed by atoms with E-state index < -0.39 is 0 Å². The van der Waals surface area contributed by atoms with Crippen molar-refractivity contribution in [3.8, 4) is 0 Å². The Labute approximate surface area is 119 Å². The summed E-state index contributed by atoms with van der Waals surface area (Å²) in [5, 5.41) is 6.24. The Hall–Kier alpha value is -0.350. The molecule has 1 nitrogen and oxygen atoms in total. The van der Waals surface area contributed by atoms with Gasteiger partial charge in [0.25, 0.3) is 0 Å². The first kappa shape index (κ1) is 13.1. The Balaban J connectivity index is 2.19. The average molecular weight is 331 g/mol. The summed E-state index contributed by atoms with van der Waals surface area (Å²) in [7, 11) is 1.99. The molecule has 17 heavy (non-hydrogen) atoms. The van der Waals surface area contributed by atoms with E-state index in [4.69, 9.17) is 11.6 Å². The van der Waals surface area contributed by atoms with Gasteiger partial charge in [0, 0.05) is 20.4 Å². The van der Waals surface area contributed by atoms with Crippen LogP contribution < -0.4 is 5.32 Å². The van der Waals surface area contributed by atoms with Gasteiger partial charge in [0.1, 0.15) is 0 Å². The summed E-state index contributed by atoms with van der Waals surface area (Å²) in [5.74, 6) is 0. The molecule has 2 rings (SSSR count). The summed E-state index contributed by atoms with van der Waals surface area (Å²) in [5.41, 5.74) is 1.25. The molecule has 0 fully saturated rings. The van der Waals surface area contributed by atoms with Crippen molar-refractivity contribution in [1.29, 1.82) is 0 Å². The fraction of sp³-hybridized carbons (Fsp3) is 0.231. The number of halogens is 2. The third-order valence-electron chi connectivity index (χ3n) is 2.64. The van der Waals surface area contributed by atoms with Gasteiger partial charge in [-0.3, -0.25) is 0 Å². The second-order valence-electron chi connectivity index (χ2n) is 3.81. The van der Waals surface area contributed by atoms with E-state index in [9.17, 15) is 0 Å². The van der Waals surface area contributed by atoms with Gasteiger partial charge >= 0.3 is 0 Å². The molecule has 0 bridgehead atoms. The monoisotopic (exact) mass is 329 g/mol. The zero-order valence-corrected chi connectivity index (χ0v) is 12.6. The van der Waals surface area contributed by atoms with Gasteiger partial charge in [0.2, 0.25) is 0 Å². The highest BCUT2D eigenvalue weighted by atomic mass is 79.9. The molecule has 0 radical (unpaired) electrons. The Kier molecular flexibility index (Phi) is 4.62. The molecule has 0 aliphatic carbocycles. The van der Waals surface area contributed by atoms with E-state index in [2.05, 4.69) is 38.8 Å². The summed E-state index contributed by atoms with van der Waals surface area (Å²) in [4.78, 5) is 1.33. The molecule has 0 amide bonds. The van der Waals surface area contributed by atoms with Crippen molar-refractivity contribution in [3.05, 3.63) is 55.6 Å². The van der Waals surface area contributed by atoms with Gasteiger partial charge < -0.3 is 5.32 Å². The van der Waals surface area contributed by atoms with Crippen molar-refractivity contribution in [2.45, 2.75) is 12.5 Å². The van der Waals surface area contributed by atoms with E-state index in [1.54, 1.807) is 11.3 Å². The molecule has 1 aromatic heterocycles. The van der Waals surface area contributed by atoms with E-state index in [0.29, 0.717) is 6.04 Å². The Bertz CT molecular complexity index is 498. The molecule has 1 atom stereocenters. The van der Waals surface area contributed by atoms with Gasteiger partial charge in [-0.25, -0.2) is 0 Å². The molecule has 1 N–H and O–H groups in total. The fourth-order valence-corrected chi connectivity index (χ4v) is 3.75. The number of likely N-dealkylation sites (N-methyl/N-ethyl adjacent to an activating group) is 1. The average Bonchev–Trinajstić information content (AvgIpc) is 2.72. The van der Waals surface area contributed by atoms with E-state index >= 15 is 0 Å². The Morgan fingerprint density at radius 2 is 2.24 bits per heavy atom. The van der Waals surface area contributed by atoms with Crippen LogP contribution in [0.3, 0.4) is 0 Å². The second-order valence-corrected chi connectivity index (χ2v) is 6.05. The highest BCUT2D eigenvalue weighted by molar-refractivity contribution is 9.10. The van der Waals surface area contributed by atoms with Crippen LogP contribution in [0.5, 0.6) is 0 Å². The summed E-state index contributed by atoms with van der Waals surface area (Å²) < 4.78 is 1.17. The maximum atomic E-state index is 6.00. The van der Waals surface area contributed by atoms with Crippen LogP contribution in [0.25, 0.3) is 0 Å². The van der Waals surface area contributed by atoms with Crippen molar-refractivity contribution in [3.63, 3.8) is 0 Å². The first-order chi connectivity index (χ1) is 8.20. The normalized spacial score (nSPS) is 12.6. The lowest BCUT2D eigenvalue weighted by molar-refractivity contribution is 0.600. The molecule has 4 heteroatoms. The molecule has 0 aliphatic heterocycles. The Morgan fingerprint density at radius 3 is 2.82 bits per heavy atom. The predicted octanol–water partition coefficient (Wildman–Crippen LogP) is 4.67. The molecule has 90 valence electrons. The van der Waals surface area contributed by atoms with E-state index in [1.807, 2.05) is 25.2 Å². The van der Waals surface area contributed by atoms with E-state index in [-0.39, 0.29) is 0 Å². The zero-order valence-electron chi connectivity index (χ0n) is 9.41. The maximum Gasteiger partial charge on any atom is 0.0464 e. The van der Waals surface area contributed by atoms with Crippen molar-refractivity contribution in [2.75, 3.05) is 7.05 Å². The van der Waals surface area contributed by atoms with Gasteiger partial charge in [0.15, 0.2) is 0 Å². The second kappa shape index (κ2) is 6.01. The molecule has 1 heterocycles. The van der Waals surface area contributed by atoms with Crippen LogP contribution in [0, 0.1) is 0 Å². The highest BCUT2D eigenvalue weighted by Gasteiger charge is 2.14. The third kappa shape index (κ3) is 3.32. The number of thiophene rings is 1. The van der Waals surface area contributed by atoms with Crippen molar-refractivity contribution in [1.82, 2.24) is 5.32 Å². The van der Waals surface area contributed by atoms with Gasteiger partial charge in [-0.15, -0.1) is 11.3 Å². The van der Waals surface area contributed by atoms with Gasteiger partial charge in [-0.2, -0.15) is 0 Å². The largest absolute Gasteiger partial charge is 0.312 e. The van der Waals surface area contributed by atoms with Crippen LogP contribution in [0.1, 0.15) is 16.5 Å². The molecule has 0 aliphatic rings. The van der Waals surface area contributed by atoms with Crippen LogP contribution in [-0.4, -0.2) is 7.05 Å². The lowest BCUT2D eigenvalue weighted by Gasteiger charge is -2.15. The van der Waals surface area contributed by atoms with Crippen molar-refractivity contribution >= 4 is 38.9 Å². The van der Waals surface area contributed by atoms with E-state index in [0.717, 1.165) is 11.4 Å². The number of nitrogens with one attached hydrogen (secondary N) is 1. The zero-order chi connectivity index (χ0) is 12.3. The molecule has 0 saturated heterocycles. The molecule has 0 spiro atoms. The minimum absolute atomic E-state index is 0.322. The quantitative estimate of drug-likeness (QED) is 0.859. The molecule has 0 saturated carbocycles. The third-order valence-corrected chi connectivity index (χ3v) is 4.86. The lowest BCUT2D eigenvalue weighted by atomic mass is 10.1. The molecule has 2 aromatic rings. The van der Waals surface area contributed by atoms with Crippen LogP contribution in [0.15, 0.2) is 40.2 Å². The number of rotatable bonds is 4. The standard InChI is InChI=1S/C13H13BrClNS/c1-16-12(13-11(14)5-6-17-13)8-9-3-2-4-10(15)7-9/h2-7,12,16H,8H2,1H3. The van der Waals surface area contributed by atoms with Gasteiger partial charge in [0.05, 0.1) is 0 Å². The summed E-state index contributed by atoms with van der Waals surface area (Å²) in [6.07, 6.45) is 0.941. The minimum Gasteiger partial charge on any atom is -0.312 e. The topological polar surface area (TPSA) is 12.0 Å². The number of benzene rings is 1. The summed E-state index contributed by atoms with van der Waals surface area (Å²) in [6.45, 7) is 0. The van der Waals surface area contributed by atoms with Gasteiger partial charge in [-0.1, -0.05) is 23.7 Å². The first-order valence-corrected chi connectivity index (χ1v) is 7.40. The van der Waals surface area contributed by atoms with Crippen LogP contribution >= 0.6 is 38.9 Å². The fourth-order valence-electron chi connectivity index (χ4n) is 1.78. The van der Waals surface area contributed by atoms with Gasteiger partial charge in [-0.05, 0) is 58.5 Å². The SMILES string of the molecule is CNC(Cc1cccc(Cl)c1)c1sccc1Br. The van der Waals surface area contributed by atoms with Crippen molar-refractivity contribution in [2.24, 2.45) is 0 Å². The number of hydrogen-bond acceptors (Lipinski definition) is 2. The van der Waals surface area contributed by atoms with Crippen LogP contribution in [-0.2, 0) is 6.42 Å². The summed E-state index contributed by atoms with van der Waals surface area (Å²) in [6, 6.07) is 10.4. The van der Waals surface area contributed by atoms with Crippen LogP contribution in [0.4, 0.5) is 0 Å². The molecular weight excluding hydrogens is 318 g/mol. The van der Waals surface area contributed by atoms with Crippen LogP contribution in [0.2, 0.25) is 5.02 Å². The molecule has 1 unspecified atom stereocenters. The number of hydrogen-bond donors (Lipinski definition) is 1. The lowest BCUT2D eigenvalue weighted by Crippen LogP contribution is -2.18. The molecule has 1 aromatic carbocycles. The minimum atomic E-state index is 0.322. The predicted molar refractivity (Wildman–Crippen MR) is 79.0 cm³/mol. The first-order valence-electron chi connectivity index (χ1n) is 5.35. The van der Waals surface area contributed by atoms with Crippen molar-refractivity contribution < 1.29 is 0 Å².